The van der Waals surface area contributed by atoms with Crippen LogP contribution < -0.4 is 14.8 Å². The Balaban J connectivity index is 1.69. The van der Waals surface area contributed by atoms with Gasteiger partial charge in [-0.25, -0.2) is 13.1 Å². The normalized spacial score (nSPS) is 13.5. The third-order valence-corrected chi connectivity index (χ3v) is 5.30. The molecule has 0 spiro atoms. The molecule has 0 aliphatic carbocycles. The van der Waals surface area contributed by atoms with Gasteiger partial charge in [0, 0.05) is 12.0 Å². The molecule has 0 unspecified atom stereocenters. The van der Waals surface area contributed by atoms with E-state index >= 15 is 0 Å². The number of fused-ring (bicyclic) bond motifs is 1. The van der Waals surface area contributed by atoms with Crippen molar-refractivity contribution in [1.82, 2.24) is 9.88 Å². The molecular formula is C16H17N3O6S. The van der Waals surface area contributed by atoms with Gasteiger partial charge in [0.15, 0.2) is 6.61 Å². The van der Waals surface area contributed by atoms with Crippen LogP contribution in [-0.2, 0) is 26.0 Å². The zero-order valence-electron chi connectivity index (χ0n) is 14.2. The fraction of sp³-hybridized carbons (Fsp3) is 0.312. The van der Waals surface area contributed by atoms with Crippen molar-refractivity contribution in [2.24, 2.45) is 0 Å². The van der Waals surface area contributed by atoms with E-state index in [-0.39, 0.29) is 29.5 Å². The van der Waals surface area contributed by atoms with Gasteiger partial charge in [-0.05, 0) is 38.5 Å². The van der Waals surface area contributed by atoms with Gasteiger partial charge >= 0.3 is 0 Å². The first-order chi connectivity index (χ1) is 12.3. The number of amides is 2. The Hall–Kier alpha value is -2.88. The Kier molecular flexibility index (Phi) is 4.68. The van der Waals surface area contributed by atoms with Gasteiger partial charge in [-0.15, -0.1) is 0 Å². The maximum absolute atomic E-state index is 12.4. The van der Waals surface area contributed by atoms with Gasteiger partial charge in [0.1, 0.15) is 11.5 Å². The van der Waals surface area contributed by atoms with Crippen LogP contribution in [0.3, 0.4) is 0 Å². The second kappa shape index (κ2) is 6.79. The minimum absolute atomic E-state index is 0.0348. The SMILES string of the molecule is Cc1noc(C)c1CCC(=O)NS(=O)(=O)c1ccc2c(c1)NC(=O)CO2. The summed E-state index contributed by atoms with van der Waals surface area (Å²) in [5, 5.41) is 6.32. The smallest absolute Gasteiger partial charge is 0.264 e. The summed E-state index contributed by atoms with van der Waals surface area (Å²) in [6.07, 6.45) is 0.281. The highest BCUT2D eigenvalue weighted by Crippen LogP contribution is 2.30. The summed E-state index contributed by atoms with van der Waals surface area (Å²) < 4.78 is 37.0. The van der Waals surface area contributed by atoms with Crippen LogP contribution in [0.25, 0.3) is 0 Å². The molecule has 1 aromatic carbocycles. The third-order valence-electron chi connectivity index (χ3n) is 3.93. The highest BCUT2D eigenvalue weighted by Gasteiger charge is 2.23. The van der Waals surface area contributed by atoms with Crippen LogP contribution in [0, 0.1) is 13.8 Å². The molecule has 0 saturated heterocycles. The van der Waals surface area contributed by atoms with E-state index < -0.39 is 15.9 Å². The molecule has 10 heteroatoms. The van der Waals surface area contributed by atoms with E-state index in [0.29, 0.717) is 23.6 Å². The van der Waals surface area contributed by atoms with E-state index in [1.165, 1.54) is 18.2 Å². The summed E-state index contributed by atoms with van der Waals surface area (Å²) in [4.78, 5) is 23.3. The molecule has 26 heavy (non-hydrogen) atoms. The first-order valence-corrected chi connectivity index (χ1v) is 9.28. The second-order valence-electron chi connectivity index (χ2n) is 5.83. The van der Waals surface area contributed by atoms with E-state index in [1.807, 2.05) is 4.72 Å². The summed E-state index contributed by atoms with van der Waals surface area (Å²) >= 11 is 0. The lowest BCUT2D eigenvalue weighted by Gasteiger charge is -2.18. The topological polar surface area (TPSA) is 128 Å². The number of nitrogens with one attached hydrogen (secondary N) is 2. The van der Waals surface area contributed by atoms with Crippen molar-refractivity contribution in [2.75, 3.05) is 11.9 Å². The molecule has 2 N–H and O–H groups in total. The van der Waals surface area contributed by atoms with Crippen LogP contribution >= 0.6 is 0 Å². The monoisotopic (exact) mass is 379 g/mol. The molecule has 3 rings (SSSR count). The Labute approximate surface area is 149 Å². The molecule has 1 aliphatic heterocycles. The number of ether oxygens (including phenoxy) is 1. The van der Waals surface area contributed by atoms with Crippen molar-refractivity contribution in [3.8, 4) is 5.75 Å². The second-order valence-corrected chi connectivity index (χ2v) is 7.51. The number of rotatable bonds is 5. The van der Waals surface area contributed by atoms with Crippen molar-refractivity contribution in [1.29, 1.82) is 0 Å². The van der Waals surface area contributed by atoms with Crippen LogP contribution in [0.15, 0.2) is 27.6 Å². The van der Waals surface area contributed by atoms with Crippen molar-refractivity contribution in [2.45, 2.75) is 31.6 Å². The van der Waals surface area contributed by atoms with Crippen LogP contribution in [0.4, 0.5) is 5.69 Å². The number of nitrogens with zero attached hydrogens (tertiary/aromatic N) is 1. The molecular weight excluding hydrogens is 362 g/mol. The minimum Gasteiger partial charge on any atom is -0.482 e. The molecule has 1 aromatic heterocycles. The number of anilines is 1. The largest absolute Gasteiger partial charge is 0.482 e. The number of hydrogen-bond acceptors (Lipinski definition) is 7. The minimum atomic E-state index is -4.07. The molecule has 138 valence electrons. The maximum atomic E-state index is 12.4. The lowest BCUT2D eigenvalue weighted by atomic mass is 10.1. The molecule has 0 radical (unpaired) electrons. The Bertz CT molecular complexity index is 960. The fourth-order valence-electron chi connectivity index (χ4n) is 2.59. The zero-order valence-corrected chi connectivity index (χ0v) is 15.0. The lowest BCUT2D eigenvalue weighted by molar-refractivity contribution is -0.119. The number of carbonyl (C=O) groups excluding carboxylic acids is 2. The van der Waals surface area contributed by atoms with E-state index in [9.17, 15) is 18.0 Å². The van der Waals surface area contributed by atoms with E-state index in [4.69, 9.17) is 9.26 Å². The predicted molar refractivity (Wildman–Crippen MR) is 90.2 cm³/mol. The van der Waals surface area contributed by atoms with Gasteiger partial charge in [-0.1, -0.05) is 5.16 Å². The molecule has 2 aromatic rings. The van der Waals surface area contributed by atoms with Crippen molar-refractivity contribution in [3.05, 3.63) is 35.2 Å². The van der Waals surface area contributed by atoms with Crippen LogP contribution in [0.2, 0.25) is 0 Å². The van der Waals surface area contributed by atoms with Gasteiger partial charge in [0.25, 0.3) is 15.9 Å². The average molecular weight is 379 g/mol. The number of sulfonamides is 1. The Morgan fingerprint density at radius 3 is 2.81 bits per heavy atom. The molecule has 0 saturated carbocycles. The number of aryl methyl sites for hydroxylation is 2. The third kappa shape index (κ3) is 3.69. The standard InChI is InChI=1S/C16H17N3O6S/c1-9-12(10(2)25-18-9)4-6-15(20)19-26(22,23)11-3-5-14-13(7-11)17-16(21)8-24-14/h3,5,7H,4,6,8H2,1-2H3,(H,17,21)(H,19,20). The van der Waals surface area contributed by atoms with Crippen LogP contribution in [0.1, 0.15) is 23.4 Å². The number of hydrogen-bond donors (Lipinski definition) is 2. The molecule has 1 aliphatic rings. The number of aromatic nitrogens is 1. The van der Waals surface area contributed by atoms with Crippen molar-refractivity contribution in [3.63, 3.8) is 0 Å². The first-order valence-electron chi connectivity index (χ1n) is 7.80. The zero-order chi connectivity index (χ0) is 18.9. The molecule has 2 amide bonds. The fourth-order valence-corrected chi connectivity index (χ4v) is 3.63. The van der Waals surface area contributed by atoms with Gasteiger partial charge in [-0.2, -0.15) is 0 Å². The molecule has 0 fully saturated rings. The summed E-state index contributed by atoms with van der Waals surface area (Å²) in [5.41, 5.74) is 1.70. The molecule has 0 atom stereocenters. The quantitative estimate of drug-likeness (QED) is 0.795. The van der Waals surface area contributed by atoms with Crippen LogP contribution in [0.5, 0.6) is 5.75 Å². The van der Waals surface area contributed by atoms with Gasteiger partial charge in [-0.3, -0.25) is 9.59 Å². The van der Waals surface area contributed by atoms with Crippen molar-refractivity contribution >= 4 is 27.5 Å². The van der Waals surface area contributed by atoms with Crippen molar-refractivity contribution < 1.29 is 27.3 Å². The lowest BCUT2D eigenvalue weighted by Crippen LogP contribution is -2.31. The molecule has 2 heterocycles. The Morgan fingerprint density at radius 2 is 2.12 bits per heavy atom. The summed E-state index contributed by atoms with van der Waals surface area (Å²) in [6, 6.07) is 3.98. The van der Waals surface area contributed by atoms with Gasteiger partial charge in [0.2, 0.25) is 5.91 Å². The molecule has 0 bridgehead atoms. The number of benzene rings is 1. The first kappa shape index (κ1) is 17.9. The maximum Gasteiger partial charge on any atom is 0.264 e. The van der Waals surface area contributed by atoms with Crippen LogP contribution in [-0.4, -0.2) is 32.0 Å². The van der Waals surface area contributed by atoms with Gasteiger partial charge in [0.05, 0.1) is 16.3 Å². The highest BCUT2D eigenvalue weighted by atomic mass is 32.2. The van der Waals surface area contributed by atoms with Gasteiger partial charge < -0.3 is 14.6 Å². The Morgan fingerprint density at radius 1 is 1.35 bits per heavy atom. The summed E-state index contributed by atoms with van der Waals surface area (Å²) in [6.45, 7) is 3.36. The van der Waals surface area contributed by atoms with E-state index in [1.54, 1.807) is 13.8 Å². The summed E-state index contributed by atoms with van der Waals surface area (Å²) in [7, 11) is -4.07. The number of carbonyl (C=O) groups is 2. The predicted octanol–water partition coefficient (Wildman–Crippen LogP) is 1.06. The highest BCUT2D eigenvalue weighted by molar-refractivity contribution is 7.90. The molecule has 9 nitrogen and oxygen atoms in total. The average Bonchev–Trinajstić information content (AvgIpc) is 2.90. The van der Waals surface area contributed by atoms with E-state index in [2.05, 4.69) is 10.5 Å². The van der Waals surface area contributed by atoms with E-state index in [0.717, 1.165) is 5.56 Å². The summed E-state index contributed by atoms with van der Waals surface area (Å²) in [5.74, 6) is -0.0598.